The number of ether oxygens (including phenoxy) is 3. The maximum atomic E-state index is 11.2. The summed E-state index contributed by atoms with van der Waals surface area (Å²) < 4.78 is 22.9. The van der Waals surface area contributed by atoms with Crippen molar-refractivity contribution < 1.29 is 32.8 Å². The Morgan fingerprint density at radius 2 is 1.03 bits per heavy atom. The summed E-state index contributed by atoms with van der Waals surface area (Å²) in [5.41, 5.74) is 0.420. The molecule has 0 aliphatic carbocycles. The number of nitrogens with zero attached hydrogens (tertiary/aromatic N) is 1. The van der Waals surface area contributed by atoms with Crippen molar-refractivity contribution >= 4 is 87.8 Å². The number of hydrogen-bond acceptors (Lipinski definition) is 7. The average Bonchev–Trinajstić information content (AvgIpc) is 2.61. The molecular formula is C18H31NNa2O7S. The summed E-state index contributed by atoms with van der Waals surface area (Å²) in [6, 6.07) is 6.33. The van der Waals surface area contributed by atoms with Gasteiger partial charge in [-0.25, -0.2) is 9.59 Å². The first-order valence-corrected chi connectivity index (χ1v) is 9.55. The molecule has 11 heteroatoms. The molecule has 0 N–H and O–H groups in total. The molecule has 158 valence electrons. The van der Waals surface area contributed by atoms with Crippen LogP contribution in [0.25, 0.3) is 0 Å². The zero-order valence-electron chi connectivity index (χ0n) is 19.5. The van der Waals surface area contributed by atoms with Gasteiger partial charge in [-0.2, -0.15) is 0 Å². The quantitative estimate of drug-likeness (QED) is 0.486. The number of esters is 2. The van der Waals surface area contributed by atoms with E-state index in [1.165, 1.54) is 38.2 Å². The summed E-state index contributed by atoms with van der Waals surface area (Å²) in [5.74, 6) is -1.01. The molecule has 0 fully saturated rings. The van der Waals surface area contributed by atoms with Crippen LogP contribution in [-0.4, -0.2) is 141 Å². The second-order valence-corrected chi connectivity index (χ2v) is 6.58. The third-order valence-corrected chi connectivity index (χ3v) is 2.37. The van der Waals surface area contributed by atoms with Crippen molar-refractivity contribution in [2.75, 3.05) is 55.0 Å². The van der Waals surface area contributed by atoms with E-state index >= 15 is 0 Å². The maximum absolute atomic E-state index is 11.2. The summed E-state index contributed by atoms with van der Waals surface area (Å²) in [4.78, 5) is 34.0. The molecule has 1 aromatic carbocycles. The predicted octanol–water partition coefficient (Wildman–Crippen LogP) is 0.850. The summed E-state index contributed by atoms with van der Waals surface area (Å²) in [6.07, 6.45) is 3.28. The Morgan fingerprint density at radius 1 is 0.828 bits per heavy atom. The molecule has 0 bridgehead atoms. The van der Waals surface area contributed by atoms with E-state index in [1.807, 2.05) is 0 Å². The molecule has 0 heterocycles. The fourth-order valence-corrected chi connectivity index (χ4v) is 1.06. The van der Waals surface area contributed by atoms with E-state index < -0.39 is 22.7 Å². The second-order valence-electron chi connectivity index (χ2n) is 5.09. The number of carbonyl (C=O) groups excluding carboxylic acids is 3. The van der Waals surface area contributed by atoms with Gasteiger partial charge in [-0.1, -0.05) is 12.1 Å². The predicted molar refractivity (Wildman–Crippen MR) is 118 cm³/mol. The maximum Gasteiger partial charge on any atom is 0.338 e. The number of hydrogen-bond donors (Lipinski definition) is 0. The van der Waals surface area contributed by atoms with Gasteiger partial charge in [0.05, 0.1) is 25.3 Å². The fraction of sp³-hybridized carbons (Fsp3) is 0.500. The SMILES string of the molecule is CC(=O)N(C)C.COC.COC(=O)c1ccccc1C(=O)OC.CS(C)=O.[Na].[Na]. The molecule has 0 aliphatic rings. The molecule has 0 atom stereocenters. The summed E-state index contributed by atoms with van der Waals surface area (Å²) >= 11 is 0. The molecule has 0 unspecified atom stereocenters. The van der Waals surface area contributed by atoms with Crippen molar-refractivity contribution in [1.29, 1.82) is 0 Å². The molecule has 0 saturated carbocycles. The van der Waals surface area contributed by atoms with E-state index in [9.17, 15) is 18.6 Å². The van der Waals surface area contributed by atoms with Gasteiger partial charge in [-0.15, -0.1) is 0 Å². The van der Waals surface area contributed by atoms with Crippen LogP contribution in [0.1, 0.15) is 27.6 Å². The van der Waals surface area contributed by atoms with E-state index in [0.29, 0.717) is 0 Å². The molecule has 1 rings (SSSR count). The van der Waals surface area contributed by atoms with Gasteiger partial charge >= 0.3 is 11.9 Å². The van der Waals surface area contributed by atoms with Crippen molar-refractivity contribution in [3.8, 4) is 0 Å². The monoisotopic (exact) mass is 451 g/mol. The Kier molecular flexibility index (Phi) is 34.9. The summed E-state index contributed by atoms with van der Waals surface area (Å²) in [7, 11) is 8.61. The minimum atomic E-state index is -0.611. The zero-order valence-corrected chi connectivity index (χ0v) is 24.3. The number of methoxy groups -OCH3 is 3. The zero-order chi connectivity index (χ0) is 22.0. The van der Waals surface area contributed by atoms with Gasteiger partial charge in [0.25, 0.3) is 0 Å². The third-order valence-electron chi connectivity index (χ3n) is 2.37. The van der Waals surface area contributed by atoms with Crippen molar-refractivity contribution in [2.45, 2.75) is 6.92 Å². The Bertz CT molecular complexity index is 560. The Morgan fingerprint density at radius 3 is 1.17 bits per heavy atom. The van der Waals surface area contributed by atoms with Crippen molar-refractivity contribution in [3.05, 3.63) is 35.4 Å². The molecular weight excluding hydrogens is 420 g/mol. The van der Waals surface area contributed by atoms with Crippen LogP contribution in [-0.2, 0) is 29.8 Å². The first-order valence-electron chi connectivity index (χ1n) is 7.58. The van der Waals surface area contributed by atoms with Gasteiger partial charge in [-0.3, -0.25) is 9.00 Å². The van der Waals surface area contributed by atoms with Crippen LogP contribution in [0, 0.1) is 0 Å². The minimum Gasteiger partial charge on any atom is -0.465 e. The minimum absolute atomic E-state index is 0. The molecule has 1 amide bonds. The molecule has 1 aromatic rings. The standard InChI is InChI=1S/C10H10O4.C4H9NO.C2H6OS.C2H6O.2Na/c1-13-9(11)7-5-3-4-6-8(7)10(12)14-2;1-4(6)5(2)3;1-4(2)3;1-3-2;;/h3-6H,1-2H3;1-3H3;1-2H3;1-2H3;;. The fourth-order valence-electron chi connectivity index (χ4n) is 1.06. The second kappa shape index (κ2) is 25.8. The van der Waals surface area contributed by atoms with Crippen molar-refractivity contribution in [1.82, 2.24) is 4.90 Å². The van der Waals surface area contributed by atoms with Gasteiger partial charge in [0.1, 0.15) is 0 Å². The van der Waals surface area contributed by atoms with Gasteiger partial charge in [-0.05, 0) is 12.1 Å². The molecule has 0 saturated heterocycles. The molecule has 29 heavy (non-hydrogen) atoms. The Labute approximate surface area is 221 Å². The molecule has 2 radical (unpaired) electrons. The Balaban J connectivity index is -0.000000108. The van der Waals surface area contributed by atoms with E-state index in [4.69, 9.17) is 0 Å². The summed E-state index contributed by atoms with van der Waals surface area (Å²) in [5, 5.41) is 0. The molecule has 8 nitrogen and oxygen atoms in total. The van der Waals surface area contributed by atoms with E-state index in [2.05, 4.69) is 14.2 Å². The van der Waals surface area contributed by atoms with E-state index in [0.717, 1.165) is 0 Å². The van der Waals surface area contributed by atoms with Crippen molar-refractivity contribution in [3.63, 3.8) is 0 Å². The number of carbonyl (C=O) groups is 3. The van der Waals surface area contributed by atoms with Crippen molar-refractivity contribution in [2.24, 2.45) is 0 Å². The summed E-state index contributed by atoms with van der Waals surface area (Å²) in [6.45, 7) is 1.53. The van der Waals surface area contributed by atoms with Crippen LogP contribution in [0.15, 0.2) is 24.3 Å². The normalized spacial score (nSPS) is 7.93. The van der Waals surface area contributed by atoms with Crippen LogP contribution in [0.2, 0.25) is 0 Å². The first-order chi connectivity index (χ1) is 12.5. The average molecular weight is 451 g/mol. The third kappa shape index (κ3) is 25.7. The van der Waals surface area contributed by atoms with Gasteiger partial charge in [0.15, 0.2) is 0 Å². The topological polar surface area (TPSA) is 99.2 Å². The van der Waals surface area contributed by atoms with E-state index in [-0.39, 0.29) is 76.1 Å². The van der Waals surface area contributed by atoms with E-state index in [1.54, 1.807) is 53.0 Å². The van der Waals surface area contributed by atoms with Crippen LogP contribution in [0.3, 0.4) is 0 Å². The number of rotatable bonds is 2. The largest absolute Gasteiger partial charge is 0.465 e. The number of benzene rings is 1. The molecule has 0 aromatic heterocycles. The Hall–Kier alpha value is -0.260. The molecule has 0 spiro atoms. The van der Waals surface area contributed by atoms with Gasteiger partial charge < -0.3 is 19.1 Å². The van der Waals surface area contributed by atoms with Gasteiger partial charge in [0, 0.05) is 118 Å². The van der Waals surface area contributed by atoms with Crippen LogP contribution in [0.4, 0.5) is 0 Å². The van der Waals surface area contributed by atoms with Gasteiger partial charge in [0.2, 0.25) is 5.91 Å². The first kappa shape index (κ1) is 39.2. The smallest absolute Gasteiger partial charge is 0.338 e. The van der Waals surface area contributed by atoms with Crippen LogP contribution < -0.4 is 0 Å². The van der Waals surface area contributed by atoms with Crippen LogP contribution in [0.5, 0.6) is 0 Å². The van der Waals surface area contributed by atoms with Crippen LogP contribution >= 0.6 is 0 Å². The number of amides is 1. The molecule has 0 aliphatic heterocycles.